The molecule has 47 heavy (non-hydrogen) atoms. The van der Waals surface area contributed by atoms with Crippen LogP contribution in [0.15, 0.2) is 48.1 Å². The van der Waals surface area contributed by atoms with Gasteiger partial charge in [0.2, 0.25) is 0 Å². The third kappa shape index (κ3) is 16.3. The van der Waals surface area contributed by atoms with E-state index in [1.54, 1.807) is 26.0 Å². The molecule has 7 atom stereocenters. The lowest BCUT2D eigenvalue weighted by Gasteiger charge is -2.27. The van der Waals surface area contributed by atoms with E-state index in [4.69, 9.17) is 29.2 Å². The smallest absolute Gasteiger partial charge is 0.373 e. The summed E-state index contributed by atoms with van der Waals surface area (Å²) in [6, 6.07) is 0. The summed E-state index contributed by atoms with van der Waals surface area (Å²) in [4.78, 5) is 41.6. The fourth-order valence-corrected chi connectivity index (χ4v) is 7.33. The van der Waals surface area contributed by atoms with Crippen molar-refractivity contribution in [3.05, 3.63) is 48.1 Å². The molecule has 1 amide bonds. The molecule has 270 valence electrons. The van der Waals surface area contributed by atoms with E-state index in [-0.39, 0.29) is 37.5 Å². The second-order valence-corrected chi connectivity index (χ2v) is 16.6. The molecule has 0 bridgehead atoms. The van der Waals surface area contributed by atoms with Crippen LogP contribution in [0.5, 0.6) is 0 Å². The van der Waals surface area contributed by atoms with Gasteiger partial charge in [-0.2, -0.15) is 8.62 Å². The molecule has 2 aliphatic rings. The van der Waals surface area contributed by atoms with Gasteiger partial charge in [-0.15, -0.1) is 0 Å². The Morgan fingerprint density at radius 2 is 1.60 bits per heavy atom. The molecule has 17 nitrogen and oxygen atoms in total. The third-order valence-corrected chi connectivity index (χ3v) is 10.6. The zero-order valence-corrected chi connectivity index (χ0v) is 29.9. The molecular weight excluding hydrogens is 685 g/mol. The fraction of sp³-hybridized carbons (Fsp3) is 0.667. The summed E-state index contributed by atoms with van der Waals surface area (Å²) in [5.74, 6) is -0.368. The van der Waals surface area contributed by atoms with E-state index in [2.05, 4.69) is 18.5 Å². The Balaban J connectivity index is 2.01. The topological polar surface area (TPSA) is 241 Å². The van der Waals surface area contributed by atoms with Crippen molar-refractivity contribution >= 4 is 29.4 Å². The zero-order valence-electron chi connectivity index (χ0n) is 27.3. The predicted molar refractivity (Wildman–Crippen MR) is 170 cm³/mol. The number of allylic oxidation sites excluding steroid dienone is 6. The van der Waals surface area contributed by atoms with Gasteiger partial charge in [-0.3, -0.25) is 13.8 Å². The Kier molecular flexibility index (Phi) is 16.1. The molecule has 6 N–H and O–H groups in total. The lowest BCUT2D eigenvalue weighted by atomic mass is 10.0. The summed E-state index contributed by atoms with van der Waals surface area (Å²) < 4.78 is 76.1. The Hall–Kier alpha value is -1.36. The van der Waals surface area contributed by atoms with Crippen molar-refractivity contribution in [1.29, 1.82) is 0 Å². The van der Waals surface area contributed by atoms with Crippen LogP contribution in [-0.4, -0.2) is 89.8 Å². The first kappa shape index (κ1) is 41.8. The van der Waals surface area contributed by atoms with Crippen molar-refractivity contribution in [2.75, 3.05) is 33.5 Å². The molecule has 1 aliphatic heterocycles. The number of rotatable bonds is 19. The van der Waals surface area contributed by atoms with Crippen molar-refractivity contribution in [1.82, 2.24) is 5.32 Å². The van der Waals surface area contributed by atoms with Crippen molar-refractivity contribution in [3.63, 3.8) is 0 Å². The van der Waals surface area contributed by atoms with Crippen molar-refractivity contribution < 1.29 is 69.8 Å². The summed E-state index contributed by atoms with van der Waals surface area (Å²) >= 11 is 0. The molecule has 0 spiro atoms. The number of hydrogen-bond acceptors (Lipinski definition) is 13. The van der Waals surface area contributed by atoms with Crippen LogP contribution in [-0.2, 0) is 55.1 Å². The maximum absolute atomic E-state index is 12.7. The lowest BCUT2D eigenvalue weighted by Crippen LogP contribution is -2.46. The molecule has 1 fully saturated rings. The normalized spacial score (nSPS) is 26.2. The Labute approximate surface area is 274 Å². The molecule has 1 saturated heterocycles. The number of nitrogens with one attached hydrogen (secondary N) is 1. The summed E-state index contributed by atoms with van der Waals surface area (Å²) in [5.41, 5.74) is 5.49. The average Bonchev–Trinajstić information content (AvgIpc) is 3.30. The van der Waals surface area contributed by atoms with Gasteiger partial charge in [0.05, 0.1) is 37.6 Å². The monoisotopic (exact) mass is 732 g/mol. The van der Waals surface area contributed by atoms with Gasteiger partial charge in [-0.25, -0.2) is 13.7 Å². The molecular formula is C27H47N2O15P3. The predicted octanol–water partition coefficient (Wildman–Crippen LogP) is 3.54. The highest BCUT2D eigenvalue weighted by molar-refractivity contribution is 7.66. The highest BCUT2D eigenvalue weighted by Crippen LogP contribution is 2.67. The van der Waals surface area contributed by atoms with Gasteiger partial charge < -0.3 is 44.7 Å². The summed E-state index contributed by atoms with van der Waals surface area (Å²) in [7, 11) is -15.3. The molecule has 1 heterocycles. The number of phosphoric acid groups is 3. The first-order valence-electron chi connectivity index (χ1n) is 14.6. The Morgan fingerprint density at radius 3 is 2.26 bits per heavy atom. The number of ether oxygens (including phenoxy) is 4. The van der Waals surface area contributed by atoms with Crippen LogP contribution >= 0.6 is 23.5 Å². The van der Waals surface area contributed by atoms with Crippen LogP contribution in [0, 0.1) is 0 Å². The van der Waals surface area contributed by atoms with E-state index in [0.29, 0.717) is 13.7 Å². The summed E-state index contributed by atoms with van der Waals surface area (Å²) in [6.07, 6.45) is 9.74. The van der Waals surface area contributed by atoms with Gasteiger partial charge in [-0.1, -0.05) is 42.5 Å². The van der Waals surface area contributed by atoms with Gasteiger partial charge >= 0.3 is 23.5 Å². The van der Waals surface area contributed by atoms with Gasteiger partial charge in [0, 0.05) is 26.5 Å². The molecule has 5 unspecified atom stereocenters. The minimum Gasteiger partial charge on any atom is -0.373 e. The van der Waals surface area contributed by atoms with Gasteiger partial charge in [-0.05, 0) is 40.2 Å². The number of amides is 1. The first-order chi connectivity index (χ1) is 21.6. The van der Waals surface area contributed by atoms with Crippen LogP contribution in [0.25, 0.3) is 0 Å². The molecule has 0 aromatic rings. The van der Waals surface area contributed by atoms with Crippen LogP contribution in [0.4, 0.5) is 0 Å². The molecule has 0 saturated carbocycles. The number of nitrogens with two attached hydrogens (primary N) is 1. The minimum absolute atomic E-state index is 0.135. The van der Waals surface area contributed by atoms with E-state index < -0.39 is 60.2 Å². The molecule has 0 radical (unpaired) electrons. The van der Waals surface area contributed by atoms with Gasteiger partial charge in [0.1, 0.15) is 17.9 Å². The number of phosphoric ester groups is 2. The highest BCUT2D eigenvalue weighted by Gasteiger charge is 2.44. The highest BCUT2D eigenvalue weighted by atomic mass is 31.3. The lowest BCUT2D eigenvalue weighted by molar-refractivity contribution is -0.146. The van der Waals surface area contributed by atoms with E-state index in [9.17, 15) is 33.2 Å². The first-order valence-corrected chi connectivity index (χ1v) is 19.1. The van der Waals surface area contributed by atoms with Gasteiger partial charge in [0.15, 0.2) is 0 Å². The van der Waals surface area contributed by atoms with E-state index >= 15 is 0 Å². The van der Waals surface area contributed by atoms with Crippen molar-refractivity contribution in [2.45, 2.75) is 83.2 Å². The van der Waals surface area contributed by atoms with Crippen LogP contribution in [0.2, 0.25) is 0 Å². The summed E-state index contributed by atoms with van der Waals surface area (Å²) in [6.45, 7) is 8.99. The SMILES string of the molecule is COP(=O)(O)OP(=O)(O)OP(=O)(O)OC[C@H]1O[C@@H](C2=C/C=C\C=C/C=C2)CC1OC(N)CCNC(=O)C(C)(C)OCCOC(C)(C)C. The summed E-state index contributed by atoms with van der Waals surface area (Å²) in [5, 5.41) is 2.76. The number of carbonyl (C=O) groups excluding carboxylic acids is 1. The van der Waals surface area contributed by atoms with Crippen molar-refractivity contribution in [2.24, 2.45) is 5.73 Å². The Bertz CT molecular complexity index is 1310. The molecule has 2 rings (SSSR count). The number of carbonyl (C=O) groups is 1. The van der Waals surface area contributed by atoms with Crippen LogP contribution in [0.1, 0.15) is 47.5 Å². The average molecular weight is 733 g/mol. The molecule has 20 heteroatoms. The third-order valence-electron chi connectivity index (χ3n) is 6.33. The second-order valence-electron chi connectivity index (χ2n) is 11.8. The quantitative estimate of drug-likeness (QED) is 0.0725. The van der Waals surface area contributed by atoms with E-state index in [1.165, 1.54) is 0 Å². The standard InChI is InChI=1S/C27H47N2O15P3/c1-26(2,3)38-16-17-39-27(4,5)25(30)29-15-14-24(28)42-22-18-21(20-12-10-8-7-9-11-13-20)41-23(22)19-40-46(33,34)44-47(35,36)43-45(31,32)37-6/h7-13,21-24H,14-19,28H2,1-6H3,(H,29,30)(H,31,32)(H,33,34)(H,35,36)/b8-7-,9-7?,10-8?,11-9-,12-10?,13-11?,20-12?,20-13?/t21-,22?,23-,24?/m1/s1. The largest absolute Gasteiger partial charge is 0.490 e. The molecule has 1 aliphatic carbocycles. The maximum atomic E-state index is 12.7. The maximum Gasteiger partial charge on any atom is 0.490 e. The van der Waals surface area contributed by atoms with Gasteiger partial charge in [0.25, 0.3) is 5.91 Å². The Morgan fingerprint density at radius 1 is 0.979 bits per heavy atom. The minimum atomic E-state index is -5.59. The van der Waals surface area contributed by atoms with Crippen LogP contribution < -0.4 is 11.1 Å². The fourth-order valence-electron chi connectivity index (χ4n) is 4.06. The second kappa shape index (κ2) is 18.0. The molecule has 0 aromatic carbocycles. The van der Waals surface area contributed by atoms with E-state index in [1.807, 2.05) is 51.2 Å². The van der Waals surface area contributed by atoms with Crippen LogP contribution in [0.3, 0.4) is 0 Å². The zero-order chi connectivity index (χ0) is 35.5. The van der Waals surface area contributed by atoms with E-state index in [0.717, 1.165) is 5.57 Å². The number of hydrogen-bond donors (Lipinski definition) is 5. The van der Waals surface area contributed by atoms with Crippen molar-refractivity contribution in [3.8, 4) is 0 Å². The molecule has 0 aromatic heterocycles.